The number of ether oxygens (including phenoxy) is 1. The monoisotopic (exact) mass is 352 g/mol. The average Bonchev–Trinajstić information content (AvgIpc) is 3.39. The highest BCUT2D eigenvalue weighted by molar-refractivity contribution is 6.22. The molecule has 5 atom stereocenters. The van der Waals surface area contributed by atoms with Gasteiger partial charge in [-0.1, -0.05) is 17.3 Å². The molecule has 2 aromatic rings. The molecule has 2 bridgehead atoms. The van der Waals surface area contributed by atoms with E-state index < -0.39 is 0 Å². The third kappa shape index (κ3) is 2.01. The van der Waals surface area contributed by atoms with Gasteiger partial charge in [0.15, 0.2) is 0 Å². The van der Waals surface area contributed by atoms with E-state index >= 15 is 0 Å². The van der Waals surface area contributed by atoms with Crippen molar-refractivity contribution in [2.45, 2.75) is 25.7 Å². The maximum Gasteiger partial charge on any atom is 0.240 e. The zero-order valence-electron chi connectivity index (χ0n) is 14.7. The molecule has 5 rings (SSSR count). The molecule has 26 heavy (non-hydrogen) atoms. The van der Waals surface area contributed by atoms with Crippen LogP contribution in [0.4, 0.5) is 5.88 Å². The normalized spacial score (nSPS) is 32.4. The molecule has 1 saturated heterocycles. The zero-order valence-corrected chi connectivity index (χ0v) is 14.7. The fourth-order valence-electron chi connectivity index (χ4n) is 5.37. The van der Waals surface area contributed by atoms with Gasteiger partial charge < -0.3 is 9.26 Å². The van der Waals surface area contributed by atoms with Crippen LogP contribution >= 0.6 is 0 Å². The first-order chi connectivity index (χ1) is 12.6. The molecule has 3 fully saturated rings. The van der Waals surface area contributed by atoms with Crippen LogP contribution in [0, 0.1) is 30.6 Å². The molecule has 0 radical (unpaired) electrons. The number of nitrogens with zero attached hydrogens (tertiary/aromatic N) is 2. The standard InChI is InChI=1S/C20H20N2O4/c1-10-7-16(26-21-10)22-19(23)17-12-8-14(15(9-12)18(17)20(22)24)11-3-5-13(25-2)6-4-11/h3-7,12,14-15,17-18H,8-9H2,1-2H3/t12-,14?,15-,17-,18+/m1/s1. The second-order valence-corrected chi connectivity index (χ2v) is 7.64. The molecular weight excluding hydrogens is 332 g/mol. The van der Waals surface area contributed by atoms with Crippen LogP contribution in [-0.4, -0.2) is 24.1 Å². The van der Waals surface area contributed by atoms with E-state index in [1.165, 1.54) is 10.5 Å². The van der Waals surface area contributed by atoms with Crippen LogP contribution in [0.15, 0.2) is 34.9 Å². The molecule has 1 aromatic carbocycles. The van der Waals surface area contributed by atoms with Crippen molar-refractivity contribution in [3.63, 3.8) is 0 Å². The quantitative estimate of drug-likeness (QED) is 0.794. The minimum Gasteiger partial charge on any atom is -0.497 e. The Kier molecular flexibility index (Phi) is 3.26. The van der Waals surface area contributed by atoms with Crippen molar-refractivity contribution in [1.29, 1.82) is 0 Å². The fourth-order valence-corrected chi connectivity index (χ4v) is 5.37. The van der Waals surface area contributed by atoms with Gasteiger partial charge in [0.2, 0.25) is 17.7 Å². The van der Waals surface area contributed by atoms with Gasteiger partial charge in [0.1, 0.15) is 5.75 Å². The fraction of sp³-hybridized carbons (Fsp3) is 0.450. The Morgan fingerprint density at radius 2 is 1.85 bits per heavy atom. The molecule has 1 unspecified atom stereocenters. The lowest BCUT2D eigenvalue weighted by Crippen LogP contribution is -2.32. The van der Waals surface area contributed by atoms with Gasteiger partial charge in [0, 0.05) is 6.07 Å². The molecule has 134 valence electrons. The first kappa shape index (κ1) is 15.6. The van der Waals surface area contributed by atoms with Crippen molar-refractivity contribution in [2.75, 3.05) is 12.0 Å². The van der Waals surface area contributed by atoms with Crippen LogP contribution in [0.2, 0.25) is 0 Å². The van der Waals surface area contributed by atoms with Crippen molar-refractivity contribution >= 4 is 17.7 Å². The number of hydrogen-bond donors (Lipinski definition) is 0. The summed E-state index contributed by atoms with van der Waals surface area (Å²) in [6.45, 7) is 1.78. The lowest BCUT2D eigenvalue weighted by atomic mass is 9.73. The van der Waals surface area contributed by atoms with Gasteiger partial charge in [-0.25, -0.2) is 4.90 Å². The van der Waals surface area contributed by atoms with Crippen molar-refractivity contribution in [3.05, 3.63) is 41.6 Å². The van der Waals surface area contributed by atoms with Gasteiger partial charge in [-0.2, -0.15) is 0 Å². The van der Waals surface area contributed by atoms with E-state index in [2.05, 4.69) is 17.3 Å². The molecular formula is C20H20N2O4. The Balaban J connectivity index is 1.46. The summed E-state index contributed by atoms with van der Waals surface area (Å²) in [4.78, 5) is 27.2. The molecule has 3 aliphatic rings. The minimum absolute atomic E-state index is 0.114. The molecule has 2 saturated carbocycles. The molecule has 2 aliphatic carbocycles. The third-order valence-corrected chi connectivity index (χ3v) is 6.40. The summed E-state index contributed by atoms with van der Waals surface area (Å²) in [5.74, 6) is 1.21. The number of carbonyl (C=O) groups excluding carboxylic acids is 2. The number of anilines is 1. The number of aryl methyl sites for hydroxylation is 1. The summed E-state index contributed by atoms with van der Waals surface area (Å²) < 4.78 is 10.4. The second-order valence-electron chi connectivity index (χ2n) is 7.64. The lowest BCUT2D eigenvalue weighted by Gasteiger charge is -2.28. The maximum absolute atomic E-state index is 13.1. The average molecular weight is 352 g/mol. The Morgan fingerprint density at radius 3 is 2.50 bits per heavy atom. The van der Waals surface area contributed by atoms with Crippen LogP contribution in [0.5, 0.6) is 5.75 Å². The van der Waals surface area contributed by atoms with E-state index in [1.54, 1.807) is 20.1 Å². The predicted octanol–water partition coefficient (Wildman–Crippen LogP) is 2.92. The van der Waals surface area contributed by atoms with Gasteiger partial charge in [0.25, 0.3) is 0 Å². The molecule has 1 aromatic heterocycles. The number of imide groups is 1. The first-order valence-electron chi connectivity index (χ1n) is 9.03. The van der Waals surface area contributed by atoms with Crippen LogP contribution in [0.3, 0.4) is 0 Å². The topological polar surface area (TPSA) is 72.6 Å². The van der Waals surface area contributed by atoms with Crippen LogP contribution in [0.1, 0.15) is 30.0 Å². The minimum atomic E-state index is -0.237. The van der Waals surface area contributed by atoms with E-state index in [-0.39, 0.29) is 41.4 Å². The Hall–Kier alpha value is -2.63. The molecule has 0 N–H and O–H groups in total. The van der Waals surface area contributed by atoms with Crippen molar-refractivity contribution in [3.8, 4) is 5.75 Å². The van der Waals surface area contributed by atoms with Crippen molar-refractivity contribution in [1.82, 2.24) is 5.16 Å². The molecule has 2 heterocycles. The number of methoxy groups -OCH3 is 1. The Morgan fingerprint density at radius 1 is 1.12 bits per heavy atom. The van der Waals surface area contributed by atoms with Crippen molar-refractivity contribution < 1.29 is 18.8 Å². The second kappa shape index (κ2) is 5.43. The zero-order chi connectivity index (χ0) is 18.0. The highest BCUT2D eigenvalue weighted by Gasteiger charge is 2.64. The number of amides is 2. The number of rotatable bonds is 3. The summed E-state index contributed by atoms with van der Waals surface area (Å²) in [5, 5.41) is 3.82. The van der Waals surface area contributed by atoms with E-state index in [4.69, 9.17) is 9.26 Å². The van der Waals surface area contributed by atoms with Crippen LogP contribution < -0.4 is 9.64 Å². The number of aromatic nitrogens is 1. The summed E-state index contributed by atoms with van der Waals surface area (Å²) in [7, 11) is 1.65. The van der Waals surface area contributed by atoms with E-state index in [9.17, 15) is 9.59 Å². The highest BCUT2D eigenvalue weighted by atomic mass is 16.5. The third-order valence-electron chi connectivity index (χ3n) is 6.40. The largest absolute Gasteiger partial charge is 0.497 e. The molecule has 0 spiro atoms. The summed E-state index contributed by atoms with van der Waals surface area (Å²) >= 11 is 0. The van der Waals surface area contributed by atoms with Gasteiger partial charge in [-0.15, -0.1) is 0 Å². The Bertz CT molecular complexity index is 887. The van der Waals surface area contributed by atoms with E-state index in [1.807, 2.05) is 12.1 Å². The summed E-state index contributed by atoms with van der Waals surface area (Å²) in [5.41, 5.74) is 1.89. The van der Waals surface area contributed by atoms with Crippen LogP contribution in [0.25, 0.3) is 0 Å². The van der Waals surface area contributed by atoms with Crippen LogP contribution in [-0.2, 0) is 9.59 Å². The van der Waals surface area contributed by atoms with Crippen molar-refractivity contribution in [2.24, 2.45) is 23.7 Å². The number of benzene rings is 1. The van der Waals surface area contributed by atoms with E-state index in [0.29, 0.717) is 11.6 Å². The molecule has 2 amide bonds. The number of hydrogen-bond acceptors (Lipinski definition) is 5. The van der Waals surface area contributed by atoms with E-state index in [0.717, 1.165) is 18.6 Å². The first-order valence-corrected chi connectivity index (χ1v) is 9.03. The van der Waals surface area contributed by atoms with Gasteiger partial charge in [0.05, 0.1) is 24.6 Å². The maximum atomic E-state index is 13.1. The highest BCUT2D eigenvalue weighted by Crippen LogP contribution is 2.61. The molecule has 1 aliphatic heterocycles. The SMILES string of the molecule is COc1ccc(C2C[C@@H]3C[C@H]2[C@@H]2C(=O)N(c4cc(C)no4)C(=O)[C@H]32)cc1. The van der Waals surface area contributed by atoms with Gasteiger partial charge in [-0.3, -0.25) is 9.59 Å². The van der Waals surface area contributed by atoms with Gasteiger partial charge >= 0.3 is 0 Å². The number of fused-ring (bicyclic) bond motifs is 5. The van der Waals surface area contributed by atoms with Gasteiger partial charge in [-0.05, 0) is 55.2 Å². The number of carbonyl (C=O) groups is 2. The smallest absolute Gasteiger partial charge is 0.240 e. The Labute approximate surface area is 151 Å². The lowest BCUT2D eigenvalue weighted by molar-refractivity contribution is -0.123. The summed E-state index contributed by atoms with van der Waals surface area (Å²) in [6, 6.07) is 9.74. The molecule has 6 heteroatoms. The predicted molar refractivity (Wildman–Crippen MR) is 92.7 cm³/mol. The summed E-state index contributed by atoms with van der Waals surface area (Å²) in [6.07, 6.45) is 1.91. The molecule has 6 nitrogen and oxygen atoms in total.